The highest BCUT2D eigenvalue weighted by Crippen LogP contribution is 2.31. The Labute approximate surface area is 164 Å². The minimum atomic E-state index is -0.957. The van der Waals surface area contributed by atoms with E-state index >= 15 is 0 Å². The van der Waals surface area contributed by atoms with Gasteiger partial charge in [-0.2, -0.15) is 0 Å². The molecule has 1 aromatic heterocycles. The summed E-state index contributed by atoms with van der Waals surface area (Å²) in [5.41, 5.74) is -1.34. The van der Waals surface area contributed by atoms with Gasteiger partial charge in [0.15, 0.2) is 11.4 Å². The maximum Gasteiger partial charge on any atom is 0.274 e. The predicted octanol–water partition coefficient (Wildman–Crippen LogP) is 1.94. The fourth-order valence-electron chi connectivity index (χ4n) is 3.90. The lowest BCUT2D eigenvalue weighted by molar-refractivity contribution is 0.0677. The van der Waals surface area contributed by atoms with E-state index in [0.29, 0.717) is 19.2 Å². The lowest BCUT2D eigenvalue weighted by atomic mass is 10.1. The fourth-order valence-corrected chi connectivity index (χ4v) is 3.90. The van der Waals surface area contributed by atoms with Gasteiger partial charge in [0.1, 0.15) is 17.2 Å². The zero-order valence-electron chi connectivity index (χ0n) is 15.5. The molecule has 2 aliphatic heterocycles. The normalized spacial score (nSPS) is 18.2. The van der Waals surface area contributed by atoms with E-state index in [-0.39, 0.29) is 29.4 Å². The number of hydrogen-bond donors (Lipinski definition) is 2. The number of nitrogens with one attached hydrogen (secondary N) is 1. The van der Waals surface area contributed by atoms with Gasteiger partial charge in [-0.05, 0) is 25.3 Å². The molecular weight excluding hydrogens is 384 g/mol. The summed E-state index contributed by atoms with van der Waals surface area (Å²) < 4.78 is 28.3. The summed E-state index contributed by atoms with van der Waals surface area (Å²) in [5, 5.41) is 12.8. The number of benzene rings is 1. The molecule has 2 amide bonds. The monoisotopic (exact) mass is 403 g/mol. The second-order valence-electron chi connectivity index (χ2n) is 7.30. The van der Waals surface area contributed by atoms with Crippen LogP contribution in [0, 0.1) is 11.6 Å². The van der Waals surface area contributed by atoms with Gasteiger partial charge in [0.2, 0.25) is 5.43 Å². The molecule has 3 heterocycles. The molecule has 0 spiro atoms. The molecule has 1 saturated heterocycles. The minimum Gasteiger partial charge on any atom is -0.503 e. The Balaban J connectivity index is 1.66. The van der Waals surface area contributed by atoms with Gasteiger partial charge in [-0.25, -0.2) is 8.78 Å². The maximum atomic E-state index is 13.8. The average molecular weight is 403 g/mol. The number of halogens is 2. The van der Waals surface area contributed by atoms with Crippen LogP contribution in [0.2, 0.25) is 0 Å². The number of hydrogen-bond acceptors (Lipinski definition) is 4. The number of aromatic hydroxyl groups is 1. The lowest BCUT2D eigenvalue weighted by Gasteiger charge is -2.34. The van der Waals surface area contributed by atoms with E-state index in [4.69, 9.17) is 0 Å². The SMILES string of the molecule is O=C(NCc1ccc(F)cc1F)c1cn2c(c(O)c1=O)C(=O)N1CCCC[C@H]2C1. The third-order valence-electron chi connectivity index (χ3n) is 5.44. The van der Waals surface area contributed by atoms with E-state index < -0.39 is 34.6 Å². The molecule has 0 aliphatic carbocycles. The van der Waals surface area contributed by atoms with Gasteiger partial charge in [-0.15, -0.1) is 0 Å². The predicted molar refractivity (Wildman–Crippen MR) is 98.7 cm³/mol. The molecule has 9 heteroatoms. The molecule has 1 atom stereocenters. The molecule has 29 heavy (non-hydrogen) atoms. The van der Waals surface area contributed by atoms with Crippen molar-refractivity contribution in [2.75, 3.05) is 13.1 Å². The van der Waals surface area contributed by atoms with Crippen LogP contribution in [0.3, 0.4) is 0 Å². The van der Waals surface area contributed by atoms with Gasteiger partial charge in [0.25, 0.3) is 11.8 Å². The lowest BCUT2D eigenvalue weighted by Crippen LogP contribution is -2.44. The van der Waals surface area contributed by atoms with Gasteiger partial charge in [0, 0.05) is 37.5 Å². The highest BCUT2D eigenvalue weighted by atomic mass is 19.1. The minimum absolute atomic E-state index is 0.0524. The summed E-state index contributed by atoms with van der Waals surface area (Å²) >= 11 is 0. The van der Waals surface area contributed by atoms with Gasteiger partial charge < -0.3 is 19.9 Å². The highest BCUT2D eigenvalue weighted by Gasteiger charge is 2.36. The Morgan fingerprint density at radius 3 is 2.79 bits per heavy atom. The summed E-state index contributed by atoms with van der Waals surface area (Å²) in [4.78, 5) is 39.3. The molecule has 0 radical (unpaired) electrons. The van der Waals surface area contributed by atoms with Crippen LogP contribution in [0.15, 0.2) is 29.2 Å². The van der Waals surface area contributed by atoms with Crippen LogP contribution in [0.4, 0.5) is 8.78 Å². The number of carbonyl (C=O) groups excluding carboxylic acids is 2. The third kappa shape index (κ3) is 3.37. The fraction of sp³-hybridized carbons (Fsp3) is 0.350. The molecule has 2 bridgehead atoms. The second kappa shape index (κ2) is 7.31. The van der Waals surface area contributed by atoms with E-state index in [1.165, 1.54) is 16.8 Å². The van der Waals surface area contributed by atoms with Crippen molar-refractivity contribution in [2.45, 2.75) is 31.8 Å². The molecule has 1 aromatic carbocycles. The average Bonchev–Trinajstić information content (AvgIpc) is 2.91. The van der Waals surface area contributed by atoms with Crippen molar-refractivity contribution in [3.05, 3.63) is 63.1 Å². The van der Waals surface area contributed by atoms with E-state index in [1.54, 1.807) is 4.90 Å². The number of carbonyl (C=O) groups is 2. The number of nitrogens with zero attached hydrogens (tertiary/aromatic N) is 2. The summed E-state index contributed by atoms with van der Waals surface area (Å²) in [5.74, 6) is -3.56. The first-order valence-electron chi connectivity index (χ1n) is 9.36. The molecular formula is C20H19F2N3O4. The van der Waals surface area contributed by atoms with Crippen molar-refractivity contribution < 1.29 is 23.5 Å². The standard InChI is InChI=1S/C20H19F2N3O4/c21-12-5-4-11(15(22)7-12)8-23-19(28)14-10-25-13-3-1-2-6-24(9-13)20(29)16(25)18(27)17(14)26/h4-5,7,10,13,27H,1-3,6,8-9H2,(H,23,28)/t13-/m0/s1. The molecule has 2 N–H and O–H groups in total. The Morgan fingerprint density at radius 2 is 2.03 bits per heavy atom. The highest BCUT2D eigenvalue weighted by molar-refractivity contribution is 5.99. The van der Waals surface area contributed by atoms with Crippen LogP contribution in [0.25, 0.3) is 0 Å². The van der Waals surface area contributed by atoms with Crippen molar-refractivity contribution in [1.29, 1.82) is 0 Å². The number of fused-ring (bicyclic) bond motifs is 4. The summed E-state index contributed by atoms with van der Waals surface area (Å²) in [6.07, 6.45) is 3.75. The Bertz CT molecular complexity index is 1070. The van der Waals surface area contributed by atoms with Gasteiger partial charge in [-0.3, -0.25) is 14.4 Å². The number of rotatable bonds is 3. The molecule has 0 saturated carbocycles. The first-order chi connectivity index (χ1) is 13.9. The van der Waals surface area contributed by atoms with Crippen LogP contribution in [-0.2, 0) is 6.54 Å². The molecule has 152 valence electrons. The first kappa shape index (κ1) is 19.1. The van der Waals surface area contributed by atoms with Gasteiger partial charge in [-0.1, -0.05) is 6.07 Å². The zero-order valence-corrected chi connectivity index (χ0v) is 15.5. The van der Waals surface area contributed by atoms with Crippen LogP contribution in [0.1, 0.15) is 51.7 Å². The smallest absolute Gasteiger partial charge is 0.274 e. The maximum absolute atomic E-state index is 13.8. The van der Waals surface area contributed by atoms with Crippen LogP contribution in [-0.4, -0.2) is 39.5 Å². The second-order valence-corrected chi connectivity index (χ2v) is 7.30. The Morgan fingerprint density at radius 1 is 1.24 bits per heavy atom. The van der Waals surface area contributed by atoms with Gasteiger partial charge >= 0.3 is 0 Å². The van der Waals surface area contributed by atoms with Crippen molar-refractivity contribution in [3.63, 3.8) is 0 Å². The number of aromatic nitrogens is 1. The largest absolute Gasteiger partial charge is 0.503 e. The molecule has 0 unspecified atom stereocenters. The molecule has 2 aliphatic rings. The third-order valence-corrected chi connectivity index (χ3v) is 5.44. The van der Waals surface area contributed by atoms with Crippen LogP contribution in [0.5, 0.6) is 5.75 Å². The van der Waals surface area contributed by atoms with Crippen molar-refractivity contribution in [2.24, 2.45) is 0 Å². The van der Waals surface area contributed by atoms with E-state index in [2.05, 4.69) is 5.32 Å². The Hall–Kier alpha value is -3.23. The zero-order chi connectivity index (χ0) is 20.7. The topological polar surface area (TPSA) is 91.6 Å². The first-order valence-corrected chi connectivity index (χ1v) is 9.36. The van der Waals surface area contributed by atoms with E-state index in [1.807, 2.05) is 0 Å². The molecule has 4 rings (SSSR count). The summed E-state index contributed by atoms with van der Waals surface area (Å²) in [6.45, 7) is 0.757. The molecule has 2 aromatic rings. The number of amides is 2. The Kier molecular flexibility index (Phi) is 4.81. The molecule has 7 nitrogen and oxygen atoms in total. The van der Waals surface area contributed by atoms with Crippen molar-refractivity contribution >= 4 is 11.8 Å². The van der Waals surface area contributed by atoms with Crippen molar-refractivity contribution in [3.8, 4) is 5.75 Å². The van der Waals surface area contributed by atoms with E-state index in [9.17, 15) is 28.3 Å². The van der Waals surface area contributed by atoms with Crippen LogP contribution >= 0.6 is 0 Å². The quantitative estimate of drug-likeness (QED) is 0.820. The van der Waals surface area contributed by atoms with Crippen LogP contribution < -0.4 is 10.7 Å². The van der Waals surface area contributed by atoms with Gasteiger partial charge in [0.05, 0.1) is 6.04 Å². The molecule has 1 fully saturated rings. The number of pyridine rings is 1. The van der Waals surface area contributed by atoms with Crippen molar-refractivity contribution in [1.82, 2.24) is 14.8 Å². The summed E-state index contributed by atoms with van der Waals surface area (Å²) in [6, 6.07) is 2.82. The van der Waals surface area contributed by atoms with E-state index in [0.717, 1.165) is 25.3 Å². The summed E-state index contributed by atoms with van der Waals surface area (Å²) in [7, 11) is 0.